The normalized spacial score (nSPS) is 10.7. The summed E-state index contributed by atoms with van der Waals surface area (Å²) in [4.78, 5) is 19.2. The minimum atomic E-state index is -0.931. The second kappa shape index (κ2) is 10.6. The topological polar surface area (TPSA) is 77.2 Å². The summed E-state index contributed by atoms with van der Waals surface area (Å²) in [6.45, 7) is 0. The van der Waals surface area contributed by atoms with Gasteiger partial charge in [0, 0.05) is 40.4 Å². The average Bonchev–Trinajstić information content (AvgIpc) is 2.95. The number of rotatable bonds is 7. The summed E-state index contributed by atoms with van der Waals surface area (Å²) < 4.78 is 0. The molecule has 0 aliphatic carbocycles. The molecule has 180 valence electrons. The van der Waals surface area contributed by atoms with Gasteiger partial charge in [-0.25, -0.2) is 4.79 Å². The van der Waals surface area contributed by atoms with E-state index in [1.54, 1.807) is 30.1 Å². The third-order valence-electron chi connectivity index (χ3n) is 6.32. The summed E-state index contributed by atoms with van der Waals surface area (Å²) >= 11 is 1.72. The Morgan fingerprint density at radius 3 is 2.41 bits per heavy atom. The Bertz CT molecular complexity index is 1640. The number of carboxylic acids is 1. The quantitative estimate of drug-likeness (QED) is 0.232. The molecule has 1 aromatic heterocycles. The smallest absolute Gasteiger partial charge is 0.336 e. The van der Waals surface area contributed by atoms with Gasteiger partial charge in [0.15, 0.2) is 0 Å². The molecule has 5 aromatic rings. The molecular weight excluding hydrogens is 478 g/mol. The molecule has 0 atom stereocenters. The zero-order valence-corrected chi connectivity index (χ0v) is 20.9. The Morgan fingerprint density at radius 1 is 0.919 bits per heavy atom. The van der Waals surface area contributed by atoms with E-state index in [0.29, 0.717) is 16.7 Å². The van der Waals surface area contributed by atoms with Crippen LogP contribution in [0, 0.1) is 11.3 Å². The molecule has 0 fully saturated rings. The number of nitrogens with zero attached hydrogens (tertiary/aromatic N) is 3. The first kappa shape index (κ1) is 24.1. The minimum Gasteiger partial charge on any atom is -0.478 e. The monoisotopic (exact) mass is 501 g/mol. The highest BCUT2D eigenvalue weighted by atomic mass is 32.2. The first-order valence-corrected chi connectivity index (χ1v) is 12.7. The van der Waals surface area contributed by atoms with E-state index in [0.717, 1.165) is 43.9 Å². The maximum Gasteiger partial charge on any atom is 0.336 e. The van der Waals surface area contributed by atoms with Crippen LogP contribution in [-0.4, -0.2) is 23.1 Å². The number of aromatic carboxylic acids is 1. The van der Waals surface area contributed by atoms with Gasteiger partial charge in [-0.2, -0.15) is 5.26 Å². The average molecular weight is 502 g/mol. The number of pyridine rings is 1. The Labute approximate surface area is 219 Å². The van der Waals surface area contributed by atoms with Crippen LogP contribution < -0.4 is 4.90 Å². The standard InChI is InChI=1S/C31H23N3O2S/c1-34(28-15-14-23(18-32)25-7-2-4-8-26(25)28)29-19-33-17-16-30(29)37-20-21-10-12-22(13-11-21)24-6-3-5-9-27(24)31(35)36/h2-17,19H,20H2,1H3,(H,35,36). The first-order chi connectivity index (χ1) is 18.1. The van der Waals surface area contributed by atoms with E-state index in [1.807, 2.05) is 92.1 Å². The number of hydrogen-bond donors (Lipinski definition) is 1. The van der Waals surface area contributed by atoms with Crippen LogP contribution >= 0.6 is 11.8 Å². The van der Waals surface area contributed by atoms with E-state index in [4.69, 9.17) is 0 Å². The van der Waals surface area contributed by atoms with Crippen molar-refractivity contribution in [3.63, 3.8) is 0 Å². The SMILES string of the molecule is CN(c1cnccc1SCc1ccc(-c2ccccc2C(=O)O)cc1)c1ccc(C#N)c2ccccc12. The van der Waals surface area contributed by atoms with Gasteiger partial charge in [-0.05, 0) is 41.0 Å². The lowest BCUT2D eigenvalue weighted by Gasteiger charge is -2.24. The van der Waals surface area contributed by atoms with Crippen molar-refractivity contribution in [3.8, 4) is 17.2 Å². The van der Waals surface area contributed by atoms with E-state index in [-0.39, 0.29) is 0 Å². The third kappa shape index (κ3) is 4.90. The molecule has 5 rings (SSSR count). The molecule has 1 heterocycles. The molecule has 0 amide bonds. The highest BCUT2D eigenvalue weighted by Gasteiger charge is 2.15. The van der Waals surface area contributed by atoms with Crippen molar-refractivity contribution in [3.05, 3.63) is 120 Å². The fourth-order valence-electron chi connectivity index (χ4n) is 4.41. The summed E-state index contributed by atoms with van der Waals surface area (Å²) in [7, 11) is 2.02. The van der Waals surface area contributed by atoms with Crippen molar-refractivity contribution in [1.82, 2.24) is 4.98 Å². The third-order valence-corrected chi connectivity index (χ3v) is 7.46. The number of aromatic nitrogens is 1. The molecule has 5 nitrogen and oxygen atoms in total. The summed E-state index contributed by atoms with van der Waals surface area (Å²) in [6, 6.07) is 31.2. The molecule has 0 saturated heterocycles. The van der Waals surface area contributed by atoms with Gasteiger partial charge in [-0.15, -0.1) is 11.8 Å². The molecule has 0 bridgehead atoms. The van der Waals surface area contributed by atoms with E-state index in [2.05, 4.69) is 16.0 Å². The van der Waals surface area contributed by atoms with Crippen LogP contribution in [-0.2, 0) is 5.75 Å². The largest absolute Gasteiger partial charge is 0.478 e. The van der Waals surface area contributed by atoms with Crippen LogP contribution in [0.5, 0.6) is 0 Å². The van der Waals surface area contributed by atoms with Gasteiger partial charge in [0.1, 0.15) is 0 Å². The Morgan fingerprint density at radius 2 is 1.65 bits per heavy atom. The molecule has 0 aliphatic heterocycles. The summed E-state index contributed by atoms with van der Waals surface area (Å²) in [6.07, 6.45) is 3.66. The van der Waals surface area contributed by atoms with Crippen LogP contribution in [0.4, 0.5) is 11.4 Å². The van der Waals surface area contributed by atoms with Crippen molar-refractivity contribution in [2.75, 3.05) is 11.9 Å². The van der Waals surface area contributed by atoms with E-state index in [1.165, 1.54) is 0 Å². The maximum absolute atomic E-state index is 11.6. The fraction of sp³-hybridized carbons (Fsp3) is 0.0645. The highest BCUT2D eigenvalue weighted by molar-refractivity contribution is 7.98. The molecule has 0 radical (unpaired) electrons. The predicted octanol–water partition coefficient (Wildman–Crippen LogP) is 7.53. The van der Waals surface area contributed by atoms with Crippen LogP contribution in [0.15, 0.2) is 108 Å². The number of nitriles is 1. The fourth-order valence-corrected chi connectivity index (χ4v) is 5.42. The molecular formula is C31H23N3O2S. The van der Waals surface area contributed by atoms with Gasteiger partial charge in [0.25, 0.3) is 0 Å². The molecule has 1 N–H and O–H groups in total. The maximum atomic E-state index is 11.6. The summed E-state index contributed by atoms with van der Waals surface area (Å²) in [5, 5.41) is 21.0. The molecule has 0 aliphatic rings. The lowest BCUT2D eigenvalue weighted by molar-refractivity contribution is 0.0697. The van der Waals surface area contributed by atoms with Gasteiger partial charge in [-0.1, -0.05) is 66.7 Å². The van der Waals surface area contributed by atoms with Gasteiger partial charge in [0.2, 0.25) is 0 Å². The number of carboxylic acid groups (broad SMARTS) is 1. The molecule has 6 heteroatoms. The van der Waals surface area contributed by atoms with Crippen LogP contribution in [0.1, 0.15) is 21.5 Å². The number of hydrogen-bond acceptors (Lipinski definition) is 5. The number of carbonyl (C=O) groups is 1. The second-order valence-electron chi connectivity index (χ2n) is 8.53. The van der Waals surface area contributed by atoms with Crippen LogP contribution in [0.3, 0.4) is 0 Å². The number of anilines is 2. The molecule has 0 saturated carbocycles. The van der Waals surface area contributed by atoms with Gasteiger partial charge >= 0.3 is 5.97 Å². The zero-order valence-electron chi connectivity index (χ0n) is 20.1. The highest BCUT2D eigenvalue weighted by Crippen LogP contribution is 2.38. The lowest BCUT2D eigenvalue weighted by Crippen LogP contribution is -2.11. The van der Waals surface area contributed by atoms with Crippen LogP contribution in [0.25, 0.3) is 21.9 Å². The van der Waals surface area contributed by atoms with Gasteiger partial charge in [0.05, 0.1) is 29.1 Å². The van der Waals surface area contributed by atoms with E-state index < -0.39 is 5.97 Å². The van der Waals surface area contributed by atoms with Crippen molar-refractivity contribution < 1.29 is 9.90 Å². The molecule has 37 heavy (non-hydrogen) atoms. The number of thioether (sulfide) groups is 1. The van der Waals surface area contributed by atoms with Crippen molar-refractivity contribution in [2.24, 2.45) is 0 Å². The Kier molecular flexibility index (Phi) is 6.89. The molecule has 0 unspecified atom stereocenters. The number of fused-ring (bicyclic) bond motifs is 1. The number of benzene rings is 4. The van der Waals surface area contributed by atoms with Gasteiger partial charge in [-0.3, -0.25) is 4.98 Å². The summed E-state index contributed by atoms with van der Waals surface area (Å²) in [5.74, 6) is -0.181. The Hall–Kier alpha value is -4.60. The minimum absolute atomic E-state index is 0.296. The van der Waals surface area contributed by atoms with E-state index >= 15 is 0 Å². The van der Waals surface area contributed by atoms with Gasteiger partial charge < -0.3 is 10.0 Å². The molecule has 0 spiro atoms. The first-order valence-electron chi connectivity index (χ1n) is 11.7. The van der Waals surface area contributed by atoms with Crippen molar-refractivity contribution in [1.29, 1.82) is 5.26 Å². The van der Waals surface area contributed by atoms with E-state index in [9.17, 15) is 15.2 Å². The predicted molar refractivity (Wildman–Crippen MR) is 149 cm³/mol. The molecule has 4 aromatic carbocycles. The lowest BCUT2D eigenvalue weighted by atomic mass is 9.99. The zero-order chi connectivity index (χ0) is 25.8. The van der Waals surface area contributed by atoms with Crippen molar-refractivity contribution >= 4 is 39.9 Å². The summed E-state index contributed by atoms with van der Waals surface area (Å²) in [5.41, 5.74) is 5.66. The van der Waals surface area contributed by atoms with Crippen LogP contribution in [0.2, 0.25) is 0 Å². The Balaban J connectivity index is 1.39. The second-order valence-corrected chi connectivity index (χ2v) is 9.55. The van der Waals surface area contributed by atoms with Crippen molar-refractivity contribution in [2.45, 2.75) is 10.6 Å².